The molecule has 1 heterocycles. The maximum absolute atomic E-state index is 13.6. The zero-order chi connectivity index (χ0) is 24.6. The zero-order valence-corrected chi connectivity index (χ0v) is 20.8. The molecule has 1 aromatic heterocycles. The number of fused-ring (bicyclic) bond motifs is 1. The van der Waals surface area contributed by atoms with Crippen LogP contribution in [0.5, 0.6) is 5.75 Å². The Bertz CT molecular complexity index is 1340. The van der Waals surface area contributed by atoms with Crippen molar-refractivity contribution in [1.29, 1.82) is 0 Å². The van der Waals surface area contributed by atoms with E-state index in [0.717, 1.165) is 17.7 Å². The molecule has 1 atom stereocenters. The van der Waals surface area contributed by atoms with Crippen molar-refractivity contribution in [1.82, 2.24) is 9.55 Å². The normalized spacial score (nSPS) is 11.8. The van der Waals surface area contributed by atoms with Crippen LogP contribution in [0.4, 0.5) is 5.69 Å². The van der Waals surface area contributed by atoms with Gasteiger partial charge >= 0.3 is 0 Å². The van der Waals surface area contributed by atoms with E-state index in [4.69, 9.17) is 9.72 Å². The van der Waals surface area contributed by atoms with E-state index in [1.165, 1.54) is 11.8 Å². The molecule has 7 heteroatoms. The van der Waals surface area contributed by atoms with E-state index in [-0.39, 0.29) is 23.3 Å². The highest BCUT2D eigenvalue weighted by Gasteiger charge is 2.20. The number of aromatic nitrogens is 2. The molecule has 6 nitrogen and oxygen atoms in total. The summed E-state index contributed by atoms with van der Waals surface area (Å²) >= 11 is 1.28. The summed E-state index contributed by atoms with van der Waals surface area (Å²) in [6, 6.07) is 24.7. The van der Waals surface area contributed by atoms with Gasteiger partial charge in [0.2, 0.25) is 5.91 Å². The molecule has 0 aliphatic carbocycles. The summed E-state index contributed by atoms with van der Waals surface area (Å²) < 4.78 is 7.22. The minimum absolute atomic E-state index is 0.0707. The Hall–Kier alpha value is -3.58. The predicted molar refractivity (Wildman–Crippen MR) is 142 cm³/mol. The fraction of sp³-hybridized carbons (Fsp3) is 0.250. The van der Waals surface area contributed by atoms with Crippen LogP contribution >= 0.6 is 11.8 Å². The highest BCUT2D eigenvalue weighted by molar-refractivity contribution is 7.99. The molecule has 0 aliphatic heterocycles. The minimum Gasteiger partial charge on any atom is -0.494 e. The van der Waals surface area contributed by atoms with Crippen molar-refractivity contribution in [3.63, 3.8) is 0 Å². The first kappa shape index (κ1) is 24.5. The molecule has 4 aromatic rings. The van der Waals surface area contributed by atoms with Crippen LogP contribution in [0.2, 0.25) is 0 Å². The number of hydrogen-bond acceptors (Lipinski definition) is 5. The molecule has 1 N–H and O–H groups in total. The average molecular weight is 488 g/mol. The van der Waals surface area contributed by atoms with Gasteiger partial charge in [-0.25, -0.2) is 4.98 Å². The van der Waals surface area contributed by atoms with Crippen molar-refractivity contribution in [2.24, 2.45) is 0 Å². The number of ether oxygens (including phenoxy) is 1. The van der Waals surface area contributed by atoms with E-state index in [9.17, 15) is 9.59 Å². The van der Waals surface area contributed by atoms with Crippen molar-refractivity contribution in [2.75, 3.05) is 17.7 Å². The number of para-hydroxylation sites is 1. The molecule has 0 aliphatic rings. The molecule has 0 unspecified atom stereocenters. The number of amides is 1. The lowest BCUT2D eigenvalue weighted by Crippen LogP contribution is -2.29. The summed E-state index contributed by atoms with van der Waals surface area (Å²) in [4.78, 5) is 31.1. The van der Waals surface area contributed by atoms with Gasteiger partial charge in [-0.3, -0.25) is 14.2 Å². The Morgan fingerprint density at radius 1 is 1.00 bits per heavy atom. The van der Waals surface area contributed by atoms with Crippen LogP contribution in [0.1, 0.15) is 31.9 Å². The van der Waals surface area contributed by atoms with Crippen molar-refractivity contribution in [2.45, 2.75) is 37.9 Å². The Morgan fingerprint density at radius 2 is 1.71 bits per heavy atom. The van der Waals surface area contributed by atoms with E-state index in [0.29, 0.717) is 34.8 Å². The molecule has 0 bridgehead atoms. The number of carbonyl (C=O) groups excluding carboxylic acids is 1. The monoisotopic (exact) mass is 487 g/mol. The second kappa shape index (κ2) is 11.7. The van der Waals surface area contributed by atoms with Gasteiger partial charge in [0.15, 0.2) is 5.16 Å². The van der Waals surface area contributed by atoms with E-state index in [1.807, 2.05) is 73.7 Å². The second-order valence-electron chi connectivity index (χ2n) is 8.13. The number of carbonyl (C=O) groups is 1. The number of anilines is 1. The number of benzene rings is 3. The minimum atomic E-state index is -0.163. The van der Waals surface area contributed by atoms with Gasteiger partial charge in [-0.15, -0.1) is 0 Å². The molecule has 1 amide bonds. The van der Waals surface area contributed by atoms with Crippen LogP contribution in [0, 0.1) is 0 Å². The molecule has 0 saturated heterocycles. The summed E-state index contributed by atoms with van der Waals surface area (Å²) in [6.45, 7) is 4.59. The molecule has 180 valence electrons. The third-order valence-electron chi connectivity index (χ3n) is 5.71. The topological polar surface area (TPSA) is 73.2 Å². The number of nitrogens with one attached hydrogen (secondary N) is 1. The second-order valence-corrected chi connectivity index (χ2v) is 9.08. The van der Waals surface area contributed by atoms with Crippen LogP contribution in [0.15, 0.2) is 88.8 Å². The lowest BCUT2D eigenvalue weighted by Gasteiger charge is -2.22. The first-order chi connectivity index (χ1) is 17.1. The Morgan fingerprint density at radius 3 is 2.43 bits per heavy atom. The van der Waals surface area contributed by atoms with Gasteiger partial charge in [0.05, 0.1) is 23.3 Å². The first-order valence-corrected chi connectivity index (χ1v) is 12.8. The maximum atomic E-state index is 13.6. The van der Waals surface area contributed by atoms with Gasteiger partial charge in [0.25, 0.3) is 5.56 Å². The van der Waals surface area contributed by atoms with Crippen molar-refractivity contribution >= 4 is 34.3 Å². The number of thioether (sulfide) groups is 1. The third-order valence-corrected chi connectivity index (χ3v) is 6.66. The molecule has 0 saturated carbocycles. The summed E-state index contributed by atoms with van der Waals surface area (Å²) in [5.41, 5.74) is 2.41. The molecular weight excluding hydrogens is 458 g/mol. The summed E-state index contributed by atoms with van der Waals surface area (Å²) in [5, 5.41) is 4.04. The van der Waals surface area contributed by atoms with Gasteiger partial charge in [-0.05, 0) is 61.7 Å². The lowest BCUT2D eigenvalue weighted by atomic mass is 10.0. The molecule has 4 rings (SSSR count). The van der Waals surface area contributed by atoms with Crippen molar-refractivity contribution in [3.05, 3.63) is 94.8 Å². The summed E-state index contributed by atoms with van der Waals surface area (Å²) in [5.74, 6) is 0.734. The number of nitrogens with zero attached hydrogens (tertiary/aromatic N) is 2. The summed E-state index contributed by atoms with van der Waals surface area (Å²) in [7, 11) is 0. The van der Waals surface area contributed by atoms with Crippen LogP contribution < -0.4 is 15.6 Å². The van der Waals surface area contributed by atoms with Crippen LogP contribution in [-0.4, -0.2) is 27.8 Å². The molecule has 35 heavy (non-hydrogen) atoms. The molecule has 3 aromatic carbocycles. The van der Waals surface area contributed by atoms with Crippen LogP contribution in [-0.2, 0) is 11.2 Å². The zero-order valence-electron chi connectivity index (χ0n) is 19.9. The van der Waals surface area contributed by atoms with Crippen molar-refractivity contribution in [3.8, 4) is 5.75 Å². The Balaban J connectivity index is 1.58. The number of hydrogen-bond donors (Lipinski definition) is 1. The number of rotatable bonds is 10. The molecule has 0 radical (unpaired) electrons. The Kier molecular flexibility index (Phi) is 8.21. The van der Waals surface area contributed by atoms with Gasteiger partial charge < -0.3 is 10.1 Å². The highest BCUT2D eigenvalue weighted by atomic mass is 32.2. The predicted octanol–water partition coefficient (Wildman–Crippen LogP) is 5.72. The fourth-order valence-electron chi connectivity index (χ4n) is 3.98. The van der Waals surface area contributed by atoms with E-state index in [1.54, 1.807) is 4.57 Å². The summed E-state index contributed by atoms with van der Waals surface area (Å²) in [6.07, 6.45) is 1.48. The van der Waals surface area contributed by atoms with Crippen molar-refractivity contribution < 1.29 is 9.53 Å². The van der Waals surface area contributed by atoms with Gasteiger partial charge in [-0.2, -0.15) is 0 Å². The fourth-order valence-corrected chi connectivity index (χ4v) is 4.85. The lowest BCUT2D eigenvalue weighted by molar-refractivity contribution is -0.113. The molecular formula is C28H29N3O3S. The maximum Gasteiger partial charge on any atom is 0.262 e. The largest absolute Gasteiger partial charge is 0.494 e. The highest BCUT2D eigenvalue weighted by Crippen LogP contribution is 2.25. The first-order valence-electron chi connectivity index (χ1n) is 11.8. The molecule has 0 fully saturated rings. The standard InChI is InChI=1S/C28H29N3O3S/c1-3-22(18-20-10-6-5-7-11-20)31-27(33)24-12-8-9-13-25(24)30-28(31)35-19-26(32)29-21-14-16-23(17-15-21)34-4-2/h5-17,22H,3-4,18-19H2,1-2H3,(H,29,32)/t22-/m1/s1. The van der Waals surface area contributed by atoms with E-state index < -0.39 is 0 Å². The van der Waals surface area contributed by atoms with Gasteiger partial charge in [-0.1, -0.05) is 61.2 Å². The van der Waals surface area contributed by atoms with Crippen LogP contribution in [0.25, 0.3) is 10.9 Å². The smallest absolute Gasteiger partial charge is 0.262 e. The van der Waals surface area contributed by atoms with Gasteiger partial charge in [0, 0.05) is 11.7 Å². The van der Waals surface area contributed by atoms with E-state index in [2.05, 4.69) is 24.4 Å². The van der Waals surface area contributed by atoms with E-state index >= 15 is 0 Å². The van der Waals surface area contributed by atoms with Crippen LogP contribution in [0.3, 0.4) is 0 Å². The quantitative estimate of drug-likeness (QED) is 0.229. The average Bonchev–Trinajstić information content (AvgIpc) is 2.88. The Labute approximate surface area is 209 Å². The SMILES string of the molecule is CCOc1ccc(NC(=O)CSc2nc3ccccc3c(=O)n2[C@H](CC)Cc2ccccc2)cc1. The molecule has 0 spiro atoms. The third kappa shape index (κ3) is 6.11. The van der Waals surface area contributed by atoms with Gasteiger partial charge in [0.1, 0.15) is 5.75 Å².